The van der Waals surface area contributed by atoms with Crippen molar-refractivity contribution in [3.8, 4) is 0 Å². The van der Waals surface area contributed by atoms with Gasteiger partial charge in [-0.2, -0.15) is 13.2 Å². The quantitative estimate of drug-likeness (QED) is 0.659. The number of benzene rings is 2. The molecule has 0 aliphatic carbocycles. The Morgan fingerprint density at radius 2 is 1.73 bits per heavy atom. The monoisotopic (exact) mass is 322 g/mol. The third kappa shape index (κ3) is 2.85. The summed E-state index contributed by atoms with van der Waals surface area (Å²) in [4.78, 5) is 4.09. The highest BCUT2D eigenvalue weighted by molar-refractivity contribution is 6.33. The van der Waals surface area contributed by atoms with E-state index in [-0.39, 0.29) is 0 Å². The molecule has 1 heterocycles. The molecule has 0 spiro atoms. The van der Waals surface area contributed by atoms with Crippen LogP contribution in [-0.4, -0.2) is 4.98 Å². The first-order chi connectivity index (χ1) is 10.4. The lowest BCUT2D eigenvalue weighted by Gasteiger charge is -2.13. The van der Waals surface area contributed by atoms with Gasteiger partial charge >= 0.3 is 6.18 Å². The molecule has 0 amide bonds. The van der Waals surface area contributed by atoms with Gasteiger partial charge in [0.15, 0.2) is 0 Å². The average Bonchev–Trinajstić information content (AvgIpc) is 2.48. The van der Waals surface area contributed by atoms with Gasteiger partial charge in [0.25, 0.3) is 0 Å². The Bertz CT molecular complexity index is 831. The van der Waals surface area contributed by atoms with Crippen LogP contribution in [0.5, 0.6) is 0 Å². The molecule has 112 valence electrons. The second kappa shape index (κ2) is 5.50. The summed E-state index contributed by atoms with van der Waals surface area (Å²) >= 11 is 6.07. The highest BCUT2D eigenvalue weighted by Gasteiger charge is 2.30. The highest BCUT2D eigenvalue weighted by Crippen LogP contribution is 2.34. The number of nitrogens with zero attached hydrogens (tertiary/aromatic N) is 1. The van der Waals surface area contributed by atoms with Gasteiger partial charge in [-0.15, -0.1) is 0 Å². The molecule has 0 bridgehead atoms. The van der Waals surface area contributed by atoms with Crippen LogP contribution < -0.4 is 5.32 Å². The Morgan fingerprint density at radius 1 is 0.955 bits per heavy atom. The van der Waals surface area contributed by atoms with E-state index in [0.717, 1.165) is 12.1 Å². The predicted octanol–water partition coefficient (Wildman–Crippen LogP) is 5.65. The summed E-state index contributed by atoms with van der Waals surface area (Å²) in [7, 11) is 0. The van der Waals surface area contributed by atoms with Gasteiger partial charge in [0, 0.05) is 17.3 Å². The van der Waals surface area contributed by atoms with Gasteiger partial charge < -0.3 is 5.32 Å². The zero-order chi connectivity index (χ0) is 15.7. The second-order valence-corrected chi connectivity index (χ2v) is 5.10. The molecule has 0 unspecified atom stereocenters. The number of hydrogen-bond acceptors (Lipinski definition) is 2. The second-order valence-electron chi connectivity index (χ2n) is 4.69. The fourth-order valence-corrected chi connectivity index (χ4v) is 2.32. The van der Waals surface area contributed by atoms with Gasteiger partial charge in [0.1, 0.15) is 0 Å². The molecule has 6 heteroatoms. The molecule has 1 aromatic heterocycles. The van der Waals surface area contributed by atoms with E-state index < -0.39 is 11.7 Å². The summed E-state index contributed by atoms with van der Waals surface area (Å²) in [5.41, 5.74) is 0.901. The lowest BCUT2D eigenvalue weighted by atomic mass is 10.1. The average molecular weight is 323 g/mol. The number of alkyl halides is 3. The molecule has 0 aliphatic rings. The van der Waals surface area contributed by atoms with E-state index in [9.17, 15) is 13.2 Å². The molecule has 0 aliphatic heterocycles. The maximum absolute atomic E-state index is 12.9. The first-order valence-electron chi connectivity index (χ1n) is 6.43. The fraction of sp³-hybridized carbons (Fsp3) is 0.0625. The molecular formula is C16H10ClF3N2. The zero-order valence-corrected chi connectivity index (χ0v) is 11.9. The normalized spacial score (nSPS) is 11.6. The summed E-state index contributed by atoms with van der Waals surface area (Å²) in [6.45, 7) is 0. The van der Waals surface area contributed by atoms with Gasteiger partial charge in [-0.25, -0.2) is 0 Å². The van der Waals surface area contributed by atoms with Crippen LogP contribution in [0.15, 0.2) is 54.7 Å². The van der Waals surface area contributed by atoms with Crippen LogP contribution in [-0.2, 0) is 6.18 Å². The van der Waals surface area contributed by atoms with Crippen LogP contribution in [0.4, 0.5) is 24.5 Å². The summed E-state index contributed by atoms with van der Waals surface area (Å²) in [5.74, 6) is 0. The molecule has 3 aromatic rings. The van der Waals surface area contributed by atoms with Crippen LogP contribution in [0.2, 0.25) is 5.02 Å². The molecule has 0 radical (unpaired) electrons. The summed E-state index contributed by atoms with van der Waals surface area (Å²) < 4.78 is 38.6. The van der Waals surface area contributed by atoms with Crippen molar-refractivity contribution in [3.05, 3.63) is 65.3 Å². The zero-order valence-electron chi connectivity index (χ0n) is 11.2. The van der Waals surface area contributed by atoms with Crippen molar-refractivity contribution >= 4 is 33.9 Å². The molecule has 2 nitrogen and oxygen atoms in total. The molecule has 3 rings (SSSR count). The summed E-state index contributed by atoms with van der Waals surface area (Å²) in [6.07, 6.45) is -2.86. The standard InChI is InChI=1S/C16H10ClF3N2/c17-12-3-1-2-4-15(12)22-14-7-8-21-13-6-5-10(9-11(13)14)16(18,19)20/h1-9H,(H,21,22). The summed E-state index contributed by atoms with van der Waals surface area (Å²) in [6, 6.07) is 12.1. The Hall–Kier alpha value is -2.27. The number of nitrogens with one attached hydrogen (secondary N) is 1. The van der Waals surface area contributed by atoms with Crippen molar-refractivity contribution in [2.24, 2.45) is 0 Å². The van der Waals surface area contributed by atoms with E-state index in [0.29, 0.717) is 27.3 Å². The molecule has 0 saturated heterocycles. The smallest absolute Gasteiger partial charge is 0.354 e. The Labute approximate surface area is 129 Å². The molecule has 0 atom stereocenters. The largest absolute Gasteiger partial charge is 0.416 e. The van der Waals surface area contributed by atoms with E-state index in [2.05, 4.69) is 10.3 Å². The van der Waals surface area contributed by atoms with Crippen LogP contribution >= 0.6 is 11.6 Å². The third-order valence-corrected chi connectivity index (χ3v) is 3.54. The predicted molar refractivity (Wildman–Crippen MR) is 81.5 cm³/mol. The Balaban J connectivity index is 2.11. The van der Waals surface area contributed by atoms with Crippen molar-refractivity contribution in [2.75, 3.05) is 5.32 Å². The van der Waals surface area contributed by atoms with Crippen LogP contribution in [0.25, 0.3) is 10.9 Å². The van der Waals surface area contributed by atoms with Crippen molar-refractivity contribution in [2.45, 2.75) is 6.18 Å². The first-order valence-corrected chi connectivity index (χ1v) is 6.80. The van der Waals surface area contributed by atoms with Crippen molar-refractivity contribution in [1.29, 1.82) is 0 Å². The lowest BCUT2D eigenvalue weighted by molar-refractivity contribution is -0.137. The van der Waals surface area contributed by atoms with E-state index in [1.165, 1.54) is 12.3 Å². The Kier molecular flexibility index (Phi) is 3.66. The number of fused-ring (bicyclic) bond motifs is 1. The number of hydrogen-bond donors (Lipinski definition) is 1. The number of rotatable bonds is 2. The van der Waals surface area contributed by atoms with Gasteiger partial charge in [0.05, 0.1) is 21.8 Å². The first kappa shape index (κ1) is 14.7. The van der Waals surface area contributed by atoms with Crippen molar-refractivity contribution in [3.63, 3.8) is 0 Å². The van der Waals surface area contributed by atoms with Crippen LogP contribution in [0.3, 0.4) is 0 Å². The van der Waals surface area contributed by atoms with Crippen LogP contribution in [0, 0.1) is 0 Å². The number of pyridine rings is 1. The van der Waals surface area contributed by atoms with Gasteiger partial charge in [-0.05, 0) is 36.4 Å². The molecule has 1 N–H and O–H groups in total. The maximum Gasteiger partial charge on any atom is 0.416 e. The number of aromatic nitrogens is 1. The van der Waals surface area contributed by atoms with Gasteiger partial charge in [0.2, 0.25) is 0 Å². The SMILES string of the molecule is FC(F)(F)c1ccc2nccc(Nc3ccccc3Cl)c2c1. The van der Waals surface area contributed by atoms with Crippen LogP contribution in [0.1, 0.15) is 5.56 Å². The topological polar surface area (TPSA) is 24.9 Å². The van der Waals surface area contributed by atoms with E-state index in [4.69, 9.17) is 11.6 Å². The number of para-hydroxylation sites is 1. The molecule has 2 aromatic carbocycles. The highest BCUT2D eigenvalue weighted by atomic mass is 35.5. The minimum absolute atomic E-state index is 0.386. The van der Waals surface area contributed by atoms with E-state index in [1.807, 2.05) is 0 Å². The third-order valence-electron chi connectivity index (χ3n) is 3.21. The lowest BCUT2D eigenvalue weighted by Crippen LogP contribution is -2.05. The number of anilines is 2. The molecule has 0 fully saturated rings. The minimum atomic E-state index is -4.40. The molecule has 22 heavy (non-hydrogen) atoms. The minimum Gasteiger partial charge on any atom is -0.354 e. The van der Waals surface area contributed by atoms with Gasteiger partial charge in [-0.1, -0.05) is 23.7 Å². The van der Waals surface area contributed by atoms with Crippen molar-refractivity contribution < 1.29 is 13.2 Å². The van der Waals surface area contributed by atoms with Gasteiger partial charge in [-0.3, -0.25) is 4.98 Å². The molecule has 0 saturated carbocycles. The molecular weight excluding hydrogens is 313 g/mol. The fourth-order valence-electron chi connectivity index (χ4n) is 2.14. The van der Waals surface area contributed by atoms with Crippen molar-refractivity contribution in [1.82, 2.24) is 4.98 Å². The van der Waals surface area contributed by atoms with E-state index >= 15 is 0 Å². The summed E-state index contributed by atoms with van der Waals surface area (Å²) in [5, 5.41) is 3.93. The Morgan fingerprint density at radius 3 is 2.45 bits per heavy atom. The van der Waals surface area contributed by atoms with E-state index in [1.54, 1.807) is 30.3 Å². The maximum atomic E-state index is 12.9. The number of halogens is 4.